The molecule has 0 aliphatic carbocycles. The average molecular weight is 546 g/mol. The average Bonchev–Trinajstić information content (AvgIpc) is 2.75. The van der Waals surface area contributed by atoms with Crippen molar-refractivity contribution in [2.75, 3.05) is 11.9 Å². The molecule has 33 heavy (non-hydrogen) atoms. The maximum Gasteiger partial charge on any atom is 0.261 e. The molecule has 0 amide bonds. The molecule has 0 N–H and O–H groups in total. The molecular weight excluding hydrogens is 504 g/mol. The summed E-state index contributed by atoms with van der Waals surface area (Å²) in [5.41, 5.74) is 0. The Hall–Kier alpha value is -1.17. The van der Waals surface area contributed by atoms with E-state index in [0.29, 0.717) is 18.4 Å². The van der Waals surface area contributed by atoms with Gasteiger partial charge in [-0.3, -0.25) is 0 Å². The van der Waals surface area contributed by atoms with Crippen molar-refractivity contribution in [3.8, 4) is 11.8 Å². The van der Waals surface area contributed by atoms with Crippen LogP contribution in [0.4, 0.5) is 0 Å². The second-order valence-corrected chi connectivity index (χ2v) is 20.8. The molecule has 0 heterocycles. The summed E-state index contributed by atoms with van der Waals surface area (Å²) < 4.78 is 14.0. The van der Waals surface area contributed by atoms with Crippen LogP contribution >= 0.6 is 15.9 Å². The molecule has 2 aromatic rings. The van der Waals surface area contributed by atoms with Gasteiger partial charge in [-0.05, 0) is 33.5 Å². The fraction of sp³-hybridized carbons (Fsp3) is 0.500. The maximum atomic E-state index is 7.35. The highest BCUT2D eigenvalue weighted by molar-refractivity contribution is 9.09. The largest absolute Gasteiger partial charge is 0.414 e. The lowest BCUT2D eigenvalue weighted by Crippen LogP contribution is -2.68. The highest BCUT2D eigenvalue weighted by Crippen LogP contribution is 2.39. The van der Waals surface area contributed by atoms with Gasteiger partial charge in [0.05, 0.1) is 18.0 Å². The number of alkyl halides is 1. The van der Waals surface area contributed by atoms with E-state index in [1.807, 2.05) is 0 Å². The normalized spacial score (nSPS) is 13.8. The molecule has 0 aliphatic rings. The first kappa shape index (κ1) is 28.1. The Morgan fingerprint density at radius 2 is 1.27 bits per heavy atom. The SMILES string of the molecule is CC(C)(C)[Si](C)(C)OC[C@@H](CC#CCBr)O[Si](c1ccccc1)(c1ccccc1)C(C)(C)C. The topological polar surface area (TPSA) is 18.5 Å². The Labute approximate surface area is 212 Å². The second-order valence-electron chi connectivity index (χ2n) is 11.2. The summed E-state index contributed by atoms with van der Waals surface area (Å²) in [5, 5.41) is 3.32. The van der Waals surface area contributed by atoms with Crippen molar-refractivity contribution in [3.05, 3.63) is 60.7 Å². The molecule has 2 rings (SSSR count). The van der Waals surface area contributed by atoms with Crippen molar-refractivity contribution in [1.82, 2.24) is 0 Å². The van der Waals surface area contributed by atoms with Gasteiger partial charge in [0.2, 0.25) is 0 Å². The Bertz CT molecular complexity index is 880. The molecule has 0 fully saturated rings. The van der Waals surface area contributed by atoms with Crippen molar-refractivity contribution >= 4 is 42.9 Å². The molecular formula is C28H41BrO2Si2. The molecule has 0 aliphatic heterocycles. The van der Waals surface area contributed by atoms with Gasteiger partial charge in [0.1, 0.15) is 0 Å². The summed E-state index contributed by atoms with van der Waals surface area (Å²) >= 11 is 3.43. The Balaban J connectivity index is 2.57. The lowest BCUT2D eigenvalue weighted by Gasteiger charge is -2.45. The van der Waals surface area contributed by atoms with Crippen molar-refractivity contribution in [2.24, 2.45) is 0 Å². The van der Waals surface area contributed by atoms with Gasteiger partial charge in [0, 0.05) is 6.42 Å². The van der Waals surface area contributed by atoms with Gasteiger partial charge in [-0.25, -0.2) is 0 Å². The quantitative estimate of drug-likeness (QED) is 0.208. The van der Waals surface area contributed by atoms with Crippen molar-refractivity contribution in [1.29, 1.82) is 0 Å². The number of hydrogen-bond acceptors (Lipinski definition) is 2. The van der Waals surface area contributed by atoms with E-state index in [1.165, 1.54) is 10.4 Å². The van der Waals surface area contributed by atoms with Crippen LogP contribution < -0.4 is 10.4 Å². The second kappa shape index (κ2) is 11.5. The van der Waals surface area contributed by atoms with Gasteiger partial charge >= 0.3 is 0 Å². The maximum absolute atomic E-state index is 7.35. The minimum absolute atomic E-state index is 0.0756. The van der Waals surface area contributed by atoms with Gasteiger partial charge < -0.3 is 8.85 Å². The van der Waals surface area contributed by atoms with E-state index in [4.69, 9.17) is 8.85 Å². The van der Waals surface area contributed by atoms with E-state index in [1.54, 1.807) is 0 Å². The monoisotopic (exact) mass is 544 g/mol. The van der Waals surface area contributed by atoms with E-state index in [-0.39, 0.29) is 16.2 Å². The van der Waals surface area contributed by atoms with E-state index < -0.39 is 16.6 Å². The predicted octanol–water partition coefficient (Wildman–Crippen LogP) is 6.74. The molecule has 0 unspecified atom stereocenters. The summed E-state index contributed by atoms with van der Waals surface area (Å²) in [4.78, 5) is 0. The van der Waals surface area contributed by atoms with Gasteiger partial charge in [0.15, 0.2) is 8.32 Å². The van der Waals surface area contributed by atoms with Crippen LogP contribution in [0.25, 0.3) is 0 Å². The van der Waals surface area contributed by atoms with Crippen molar-refractivity contribution in [2.45, 2.75) is 77.2 Å². The minimum atomic E-state index is -2.66. The first-order valence-electron chi connectivity index (χ1n) is 11.8. The first-order valence-corrected chi connectivity index (χ1v) is 17.7. The van der Waals surface area contributed by atoms with Crippen LogP contribution in [0.3, 0.4) is 0 Å². The predicted molar refractivity (Wildman–Crippen MR) is 152 cm³/mol. The van der Waals surface area contributed by atoms with Crippen LogP contribution in [-0.2, 0) is 8.85 Å². The van der Waals surface area contributed by atoms with Gasteiger partial charge in [-0.1, -0.05) is 130 Å². The molecule has 0 radical (unpaired) electrons. The fourth-order valence-corrected chi connectivity index (χ4v) is 9.73. The summed E-state index contributed by atoms with van der Waals surface area (Å²) in [6.07, 6.45) is 0.557. The van der Waals surface area contributed by atoms with Crippen molar-refractivity contribution < 1.29 is 8.85 Å². The molecule has 2 aromatic carbocycles. The van der Waals surface area contributed by atoms with Crippen LogP contribution in [0.2, 0.25) is 23.2 Å². The molecule has 0 spiro atoms. The molecule has 2 nitrogen and oxygen atoms in total. The van der Waals surface area contributed by atoms with E-state index in [2.05, 4.69) is 143 Å². The molecule has 0 saturated heterocycles. The number of benzene rings is 2. The first-order chi connectivity index (χ1) is 15.3. The third-order valence-corrected chi connectivity index (χ3v) is 16.6. The van der Waals surface area contributed by atoms with E-state index in [0.717, 1.165) is 0 Å². The third-order valence-electron chi connectivity index (χ3n) is 6.72. The summed E-state index contributed by atoms with van der Waals surface area (Å²) in [5.74, 6) is 6.49. The number of hydrogen-bond donors (Lipinski definition) is 0. The molecule has 5 heteroatoms. The van der Waals surface area contributed by atoms with Crippen LogP contribution in [-0.4, -0.2) is 34.7 Å². The minimum Gasteiger partial charge on any atom is -0.414 e. The molecule has 0 bridgehead atoms. The van der Waals surface area contributed by atoms with Crippen LogP contribution in [0, 0.1) is 11.8 Å². The summed E-state index contributed by atoms with van der Waals surface area (Å²) in [7, 11) is -4.58. The standard InChI is InChI=1S/C28H41BrO2Si2/c1-27(2,3)32(7,8)30-23-24(17-15-16-22-29)31-33(28(4,5)6,25-18-11-9-12-19-25)26-20-13-10-14-21-26/h9-14,18-21,24H,17,22-23H2,1-8H3/t24-/m1/s1. The van der Waals surface area contributed by atoms with Crippen LogP contribution in [0.5, 0.6) is 0 Å². The Kier molecular flexibility index (Phi) is 9.79. The van der Waals surface area contributed by atoms with E-state index in [9.17, 15) is 0 Å². The van der Waals surface area contributed by atoms with Gasteiger partial charge in [-0.15, -0.1) is 0 Å². The highest BCUT2D eigenvalue weighted by Gasteiger charge is 2.51. The highest BCUT2D eigenvalue weighted by atomic mass is 79.9. The zero-order chi connectivity index (χ0) is 24.8. The fourth-order valence-electron chi connectivity index (χ4n) is 3.83. The molecule has 0 aromatic heterocycles. The number of rotatable bonds is 8. The van der Waals surface area contributed by atoms with E-state index >= 15 is 0 Å². The van der Waals surface area contributed by atoms with Crippen molar-refractivity contribution in [3.63, 3.8) is 0 Å². The Morgan fingerprint density at radius 1 is 0.788 bits per heavy atom. The Morgan fingerprint density at radius 3 is 1.67 bits per heavy atom. The smallest absolute Gasteiger partial charge is 0.261 e. The molecule has 180 valence electrons. The number of halogens is 1. The summed E-state index contributed by atoms with van der Waals surface area (Å²) in [6.45, 7) is 19.0. The third kappa shape index (κ3) is 6.93. The van der Waals surface area contributed by atoms with Crippen LogP contribution in [0.15, 0.2) is 60.7 Å². The van der Waals surface area contributed by atoms with Crippen LogP contribution in [0.1, 0.15) is 48.0 Å². The lowest BCUT2D eigenvalue weighted by atomic mass is 10.2. The lowest BCUT2D eigenvalue weighted by molar-refractivity contribution is 0.115. The zero-order valence-electron chi connectivity index (χ0n) is 21.7. The molecule has 0 saturated carbocycles. The summed E-state index contributed by atoms with van der Waals surface area (Å²) in [6, 6.07) is 21.6. The molecule has 1 atom stereocenters. The van der Waals surface area contributed by atoms with Gasteiger partial charge in [-0.2, -0.15) is 0 Å². The zero-order valence-corrected chi connectivity index (χ0v) is 25.3. The van der Waals surface area contributed by atoms with Gasteiger partial charge in [0.25, 0.3) is 8.32 Å².